The zero-order chi connectivity index (χ0) is 15.0. The van der Waals surface area contributed by atoms with Gasteiger partial charge in [-0.05, 0) is 30.0 Å². The molecule has 0 aliphatic rings. The molecular weight excluding hydrogens is 272 g/mol. The second kappa shape index (κ2) is 9.35. The third-order valence-electron chi connectivity index (χ3n) is 3.27. The van der Waals surface area contributed by atoms with Crippen LogP contribution in [0.25, 0.3) is 0 Å². The fourth-order valence-electron chi connectivity index (χ4n) is 2.26. The number of hydrogen-bond acceptors (Lipinski definition) is 3. The number of nitrogens with two attached hydrogens (primary N) is 1. The molecular formula is C16H27ClN2O. The molecule has 0 aliphatic carbocycles. The quantitative estimate of drug-likeness (QED) is 0.760. The van der Waals surface area contributed by atoms with Gasteiger partial charge in [-0.3, -0.25) is 0 Å². The van der Waals surface area contributed by atoms with E-state index in [-0.39, 0.29) is 6.04 Å². The van der Waals surface area contributed by atoms with Crippen LogP contribution in [-0.2, 0) is 4.74 Å². The number of halogens is 1. The first-order chi connectivity index (χ1) is 9.52. The molecule has 0 bridgehead atoms. The van der Waals surface area contributed by atoms with Crippen LogP contribution in [0.4, 0.5) is 0 Å². The predicted molar refractivity (Wildman–Crippen MR) is 86.2 cm³/mol. The van der Waals surface area contributed by atoms with Gasteiger partial charge in [0.2, 0.25) is 0 Å². The van der Waals surface area contributed by atoms with E-state index in [2.05, 4.69) is 18.7 Å². The van der Waals surface area contributed by atoms with Crippen LogP contribution in [-0.4, -0.2) is 38.3 Å². The molecule has 4 heteroatoms. The lowest BCUT2D eigenvalue weighted by Crippen LogP contribution is -2.33. The standard InChI is InChI=1S/C16H27ClN2O/c1-13(2)12-19(9-10-20-3)8-7-16(18)14-5-4-6-15(17)11-14/h4-6,11,13,16H,7-10,12,18H2,1-3H3. The van der Waals surface area contributed by atoms with Crippen LogP contribution in [0.15, 0.2) is 24.3 Å². The Bertz CT molecular complexity index is 384. The van der Waals surface area contributed by atoms with E-state index in [0.29, 0.717) is 5.92 Å². The molecule has 0 saturated heterocycles. The normalized spacial score (nSPS) is 13.2. The van der Waals surface area contributed by atoms with E-state index in [1.165, 1.54) is 0 Å². The lowest BCUT2D eigenvalue weighted by molar-refractivity contribution is 0.138. The molecule has 1 aromatic carbocycles. The van der Waals surface area contributed by atoms with E-state index >= 15 is 0 Å². The summed E-state index contributed by atoms with van der Waals surface area (Å²) >= 11 is 6.01. The van der Waals surface area contributed by atoms with E-state index in [9.17, 15) is 0 Å². The summed E-state index contributed by atoms with van der Waals surface area (Å²) in [6.07, 6.45) is 0.927. The van der Waals surface area contributed by atoms with Crippen molar-refractivity contribution in [2.24, 2.45) is 11.7 Å². The van der Waals surface area contributed by atoms with Crippen LogP contribution in [0.1, 0.15) is 31.9 Å². The molecule has 0 radical (unpaired) electrons. The highest BCUT2D eigenvalue weighted by Gasteiger charge is 2.11. The number of methoxy groups -OCH3 is 1. The number of rotatable bonds is 9. The molecule has 3 nitrogen and oxygen atoms in total. The third-order valence-corrected chi connectivity index (χ3v) is 3.50. The van der Waals surface area contributed by atoms with Gasteiger partial charge in [0.25, 0.3) is 0 Å². The monoisotopic (exact) mass is 298 g/mol. The zero-order valence-electron chi connectivity index (χ0n) is 12.8. The van der Waals surface area contributed by atoms with E-state index in [4.69, 9.17) is 22.1 Å². The third kappa shape index (κ3) is 6.71. The van der Waals surface area contributed by atoms with Gasteiger partial charge in [-0.25, -0.2) is 0 Å². The van der Waals surface area contributed by atoms with Gasteiger partial charge in [-0.2, -0.15) is 0 Å². The zero-order valence-corrected chi connectivity index (χ0v) is 13.6. The minimum Gasteiger partial charge on any atom is -0.383 e. The lowest BCUT2D eigenvalue weighted by atomic mass is 10.0. The fraction of sp³-hybridized carbons (Fsp3) is 0.625. The second-order valence-electron chi connectivity index (χ2n) is 5.64. The topological polar surface area (TPSA) is 38.5 Å². The van der Waals surface area contributed by atoms with Crippen molar-refractivity contribution in [3.8, 4) is 0 Å². The van der Waals surface area contributed by atoms with Crippen molar-refractivity contribution in [3.63, 3.8) is 0 Å². The van der Waals surface area contributed by atoms with E-state index in [1.807, 2.05) is 24.3 Å². The first-order valence-corrected chi connectivity index (χ1v) is 7.63. The van der Waals surface area contributed by atoms with Crippen LogP contribution >= 0.6 is 11.6 Å². The van der Waals surface area contributed by atoms with Crippen LogP contribution in [0.5, 0.6) is 0 Å². The van der Waals surface area contributed by atoms with E-state index in [0.717, 1.165) is 43.2 Å². The highest BCUT2D eigenvalue weighted by Crippen LogP contribution is 2.18. The molecule has 1 atom stereocenters. The SMILES string of the molecule is COCCN(CCC(N)c1cccc(Cl)c1)CC(C)C. The van der Waals surface area contributed by atoms with Crippen molar-refractivity contribution in [1.29, 1.82) is 0 Å². The van der Waals surface area contributed by atoms with Crippen LogP contribution < -0.4 is 5.73 Å². The van der Waals surface area contributed by atoms with Gasteiger partial charge in [-0.1, -0.05) is 37.6 Å². The molecule has 0 aliphatic heterocycles. The Morgan fingerprint density at radius 1 is 1.30 bits per heavy atom. The van der Waals surface area contributed by atoms with Gasteiger partial charge >= 0.3 is 0 Å². The van der Waals surface area contributed by atoms with Gasteiger partial charge in [0, 0.05) is 37.8 Å². The van der Waals surface area contributed by atoms with Gasteiger partial charge in [0.05, 0.1) is 6.61 Å². The van der Waals surface area contributed by atoms with Crippen LogP contribution in [0.3, 0.4) is 0 Å². The predicted octanol–water partition coefficient (Wildman–Crippen LogP) is 3.33. The molecule has 0 aromatic heterocycles. The molecule has 1 rings (SSSR count). The smallest absolute Gasteiger partial charge is 0.0589 e. The Labute approximate surface area is 128 Å². The van der Waals surface area contributed by atoms with Crippen molar-refractivity contribution in [1.82, 2.24) is 4.90 Å². The van der Waals surface area contributed by atoms with Gasteiger partial charge < -0.3 is 15.4 Å². The van der Waals surface area contributed by atoms with Crippen molar-refractivity contribution < 1.29 is 4.74 Å². The van der Waals surface area contributed by atoms with Crippen molar-refractivity contribution >= 4 is 11.6 Å². The Kier molecular flexibility index (Phi) is 8.15. The number of benzene rings is 1. The Morgan fingerprint density at radius 2 is 2.05 bits per heavy atom. The minimum atomic E-state index is 0.0332. The maximum Gasteiger partial charge on any atom is 0.0589 e. The second-order valence-corrected chi connectivity index (χ2v) is 6.07. The van der Waals surface area contributed by atoms with Gasteiger partial charge in [-0.15, -0.1) is 0 Å². The summed E-state index contributed by atoms with van der Waals surface area (Å²) in [4.78, 5) is 2.42. The molecule has 0 heterocycles. The summed E-state index contributed by atoms with van der Waals surface area (Å²) in [5.74, 6) is 0.647. The highest BCUT2D eigenvalue weighted by molar-refractivity contribution is 6.30. The van der Waals surface area contributed by atoms with Gasteiger partial charge in [0.15, 0.2) is 0 Å². The highest BCUT2D eigenvalue weighted by atomic mass is 35.5. The van der Waals surface area contributed by atoms with E-state index in [1.54, 1.807) is 7.11 Å². The Balaban J connectivity index is 2.48. The summed E-state index contributed by atoms with van der Waals surface area (Å²) < 4.78 is 5.17. The summed E-state index contributed by atoms with van der Waals surface area (Å²) in [5.41, 5.74) is 7.36. The Hall–Kier alpha value is -0.610. The van der Waals surface area contributed by atoms with Crippen molar-refractivity contribution in [3.05, 3.63) is 34.9 Å². The molecule has 0 spiro atoms. The largest absolute Gasteiger partial charge is 0.383 e. The number of hydrogen-bond donors (Lipinski definition) is 1. The molecule has 2 N–H and O–H groups in total. The number of nitrogens with zero attached hydrogens (tertiary/aromatic N) is 1. The first kappa shape index (κ1) is 17.4. The van der Waals surface area contributed by atoms with Crippen molar-refractivity contribution in [2.75, 3.05) is 33.4 Å². The van der Waals surface area contributed by atoms with Crippen molar-refractivity contribution in [2.45, 2.75) is 26.3 Å². The van der Waals surface area contributed by atoms with Crippen LogP contribution in [0.2, 0.25) is 5.02 Å². The molecule has 20 heavy (non-hydrogen) atoms. The molecule has 1 unspecified atom stereocenters. The minimum absolute atomic E-state index is 0.0332. The van der Waals surface area contributed by atoms with Gasteiger partial charge in [0.1, 0.15) is 0 Å². The summed E-state index contributed by atoms with van der Waals surface area (Å²) in [7, 11) is 1.74. The first-order valence-electron chi connectivity index (χ1n) is 7.25. The fourth-order valence-corrected chi connectivity index (χ4v) is 2.46. The molecule has 1 aromatic rings. The molecule has 0 amide bonds. The average Bonchev–Trinajstić information content (AvgIpc) is 2.41. The van der Waals surface area contributed by atoms with Crippen LogP contribution in [0, 0.1) is 5.92 Å². The maximum atomic E-state index is 6.26. The molecule has 114 valence electrons. The maximum absolute atomic E-state index is 6.26. The van der Waals surface area contributed by atoms with E-state index < -0.39 is 0 Å². The molecule has 0 fully saturated rings. The molecule has 0 saturated carbocycles. The summed E-state index contributed by atoms with van der Waals surface area (Å²) in [5, 5.41) is 0.747. The average molecular weight is 299 g/mol. The number of ether oxygens (including phenoxy) is 1. The lowest BCUT2D eigenvalue weighted by Gasteiger charge is -2.25. The summed E-state index contributed by atoms with van der Waals surface area (Å²) in [6, 6.07) is 7.86. The summed E-state index contributed by atoms with van der Waals surface area (Å²) in [6.45, 7) is 8.24. The Morgan fingerprint density at radius 3 is 2.65 bits per heavy atom.